The molecule has 3 amide bonds. The number of aryl methyl sites for hydroxylation is 1. The lowest BCUT2D eigenvalue weighted by molar-refractivity contribution is -0.129. The van der Waals surface area contributed by atoms with Crippen molar-refractivity contribution in [1.29, 1.82) is 0 Å². The molecule has 0 aliphatic rings. The van der Waals surface area contributed by atoms with E-state index in [0.29, 0.717) is 42.1 Å². The number of ether oxygens (including phenoxy) is 1. The molecule has 0 saturated carbocycles. The van der Waals surface area contributed by atoms with Crippen LogP contribution >= 0.6 is 11.6 Å². The van der Waals surface area contributed by atoms with Crippen molar-refractivity contribution in [3.63, 3.8) is 0 Å². The smallest absolute Gasteiger partial charge is 0.257 e. The molecule has 190 valence electrons. The monoisotopic (exact) mass is 504 g/mol. The van der Waals surface area contributed by atoms with Gasteiger partial charge in [-0.3, -0.25) is 14.4 Å². The van der Waals surface area contributed by atoms with E-state index in [-0.39, 0.29) is 25.7 Å². The normalized spacial score (nSPS) is 12.3. The van der Waals surface area contributed by atoms with Crippen molar-refractivity contribution in [1.82, 2.24) is 16.0 Å². The van der Waals surface area contributed by atoms with Gasteiger partial charge in [0, 0.05) is 30.3 Å². The van der Waals surface area contributed by atoms with Gasteiger partial charge in [0.05, 0.1) is 6.04 Å². The molecule has 2 aromatic carbocycles. The molecule has 6 N–H and O–H groups in total. The van der Waals surface area contributed by atoms with Crippen molar-refractivity contribution >= 4 is 29.3 Å². The van der Waals surface area contributed by atoms with Crippen molar-refractivity contribution in [3.8, 4) is 5.75 Å². The molecule has 0 heterocycles. The van der Waals surface area contributed by atoms with E-state index in [1.165, 1.54) is 0 Å². The van der Waals surface area contributed by atoms with Crippen LogP contribution in [0.2, 0.25) is 5.02 Å². The van der Waals surface area contributed by atoms with Gasteiger partial charge < -0.3 is 31.5 Å². The number of halogens is 1. The second-order valence-electron chi connectivity index (χ2n) is 8.05. The number of nitrogens with two attached hydrogens (primary N) is 1. The first kappa shape index (κ1) is 28.1. The Hall–Kier alpha value is -3.14. The van der Waals surface area contributed by atoms with E-state index in [2.05, 4.69) is 16.0 Å². The lowest BCUT2D eigenvalue weighted by Gasteiger charge is -2.18. The summed E-state index contributed by atoms with van der Waals surface area (Å²) in [6.07, 6.45) is 1.57. The number of amides is 3. The largest absolute Gasteiger partial charge is 0.483 e. The molecule has 2 rings (SSSR count). The van der Waals surface area contributed by atoms with Crippen LogP contribution in [0.4, 0.5) is 0 Å². The SMILES string of the molecule is C[C@H](NC(=O)[C@H](N)CCc1ccccc1)C(=O)NCc1cc(Cl)ccc1OCC(=O)NCCCO. The Morgan fingerprint density at radius 3 is 2.54 bits per heavy atom. The van der Waals surface area contributed by atoms with Crippen molar-refractivity contribution in [2.75, 3.05) is 19.8 Å². The van der Waals surface area contributed by atoms with Crippen molar-refractivity contribution in [2.45, 2.75) is 44.8 Å². The van der Waals surface area contributed by atoms with Crippen LogP contribution in [-0.4, -0.2) is 54.7 Å². The maximum Gasteiger partial charge on any atom is 0.257 e. The minimum Gasteiger partial charge on any atom is -0.483 e. The number of carbonyl (C=O) groups is 3. The first-order chi connectivity index (χ1) is 16.8. The van der Waals surface area contributed by atoms with Crippen LogP contribution in [0.25, 0.3) is 0 Å². The first-order valence-electron chi connectivity index (χ1n) is 11.5. The molecule has 0 bridgehead atoms. The molecule has 0 aromatic heterocycles. The Morgan fingerprint density at radius 2 is 1.83 bits per heavy atom. The highest BCUT2D eigenvalue weighted by molar-refractivity contribution is 6.30. The average molecular weight is 505 g/mol. The van der Waals surface area contributed by atoms with E-state index in [9.17, 15) is 14.4 Å². The molecule has 0 saturated heterocycles. The lowest BCUT2D eigenvalue weighted by atomic mass is 10.1. The Labute approximate surface area is 210 Å². The second kappa shape index (κ2) is 15.0. The quantitative estimate of drug-likeness (QED) is 0.245. The fraction of sp³-hybridized carbons (Fsp3) is 0.400. The summed E-state index contributed by atoms with van der Waals surface area (Å²) >= 11 is 6.08. The van der Waals surface area contributed by atoms with Gasteiger partial charge >= 0.3 is 0 Å². The Bertz CT molecular complexity index is 974. The van der Waals surface area contributed by atoms with Crippen LogP contribution in [0.5, 0.6) is 5.75 Å². The third kappa shape index (κ3) is 10.3. The summed E-state index contributed by atoms with van der Waals surface area (Å²) in [4.78, 5) is 36.8. The number of benzene rings is 2. The van der Waals surface area contributed by atoms with Crippen LogP contribution in [0.15, 0.2) is 48.5 Å². The summed E-state index contributed by atoms with van der Waals surface area (Å²) in [5, 5.41) is 17.2. The summed E-state index contributed by atoms with van der Waals surface area (Å²) < 4.78 is 5.57. The van der Waals surface area contributed by atoms with E-state index in [4.69, 9.17) is 27.2 Å². The molecule has 0 fully saturated rings. The minimum atomic E-state index is -0.800. The molecule has 0 radical (unpaired) electrons. The van der Waals surface area contributed by atoms with Crippen molar-refractivity contribution in [2.24, 2.45) is 5.73 Å². The molecule has 2 aromatic rings. The Morgan fingerprint density at radius 1 is 1.09 bits per heavy atom. The van der Waals surface area contributed by atoms with Gasteiger partial charge in [-0.15, -0.1) is 0 Å². The first-order valence-corrected chi connectivity index (χ1v) is 11.8. The van der Waals surface area contributed by atoms with Gasteiger partial charge in [-0.1, -0.05) is 41.9 Å². The van der Waals surface area contributed by atoms with E-state index in [1.54, 1.807) is 25.1 Å². The Kier molecular flexibility index (Phi) is 12.0. The summed E-state index contributed by atoms with van der Waals surface area (Å²) in [7, 11) is 0. The fourth-order valence-corrected chi connectivity index (χ4v) is 3.34. The van der Waals surface area contributed by atoms with Gasteiger partial charge in [-0.2, -0.15) is 0 Å². The van der Waals surface area contributed by atoms with Gasteiger partial charge in [0.15, 0.2) is 6.61 Å². The fourth-order valence-electron chi connectivity index (χ4n) is 3.15. The number of hydrogen-bond acceptors (Lipinski definition) is 6. The van der Waals surface area contributed by atoms with Gasteiger partial charge in [-0.05, 0) is 49.9 Å². The number of hydrogen-bond donors (Lipinski definition) is 5. The zero-order valence-corrected chi connectivity index (χ0v) is 20.5. The predicted molar refractivity (Wildman–Crippen MR) is 134 cm³/mol. The second-order valence-corrected chi connectivity index (χ2v) is 8.48. The summed E-state index contributed by atoms with van der Waals surface area (Å²) in [5.74, 6) is -0.737. The third-order valence-corrected chi connectivity index (χ3v) is 5.40. The molecule has 0 aliphatic heterocycles. The van der Waals surface area contributed by atoms with Crippen LogP contribution in [0, 0.1) is 0 Å². The zero-order chi connectivity index (χ0) is 25.6. The van der Waals surface area contributed by atoms with Gasteiger partial charge in [0.25, 0.3) is 5.91 Å². The molecule has 9 nitrogen and oxygen atoms in total. The van der Waals surface area contributed by atoms with Gasteiger partial charge in [0.1, 0.15) is 11.8 Å². The number of carbonyl (C=O) groups excluding carboxylic acids is 3. The molecule has 35 heavy (non-hydrogen) atoms. The van der Waals surface area contributed by atoms with E-state index < -0.39 is 23.9 Å². The van der Waals surface area contributed by atoms with Crippen LogP contribution in [0.3, 0.4) is 0 Å². The van der Waals surface area contributed by atoms with Gasteiger partial charge in [-0.25, -0.2) is 0 Å². The molecule has 2 atom stereocenters. The van der Waals surface area contributed by atoms with Crippen molar-refractivity contribution in [3.05, 3.63) is 64.7 Å². The molecular weight excluding hydrogens is 472 g/mol. The molecular formula is C25H33ClN4O5. The third-order valence-electron chi connectivity index (χ3n) is 5.17. The number of aliphatic hydroxyl groups is 1. The van der Waals surface area contributed by atoms with E-state index >= 15 is 0 Å². The van der Waals surface area contributed by atoms with Crippen LogP contribution in [-0.2, 0) is 27.3 Å². The Balaban J connectivity index is 1.82. The predicted octanol–water partition coefficient (Wildman–Crippen LogP) is 1.30. The summed E-state index contributed by atoms with van der Waals surface area (Å²) in [6.45, 7) is 1.77. The summed E-state index contributed by atoms with van der Waals surface area (Å²) in [6, 6.07) is 13.0. The molecule has 0 spiro atoms. The maximum absolute atomic E-state index is 12.5. The topological polar surface area (TPSA) is 143 Å². The average Bonchev–Trinajstić information content (AvgIpc) is 2.85. The molecule has 0 unspecified atom stereocenters. The zero-order valence-electron chi connectivity index (χ0n) is 19.8. The van der Waals surface area contributed by atoms with E-state index in [0.717, 1.165) is 5.56 Å². The highest BCUT2D eigenvalue weighted by atomic mass is 35.5. The van der Waals surface area contributed by atoms with E-state index in [1.807, 2.05) is 30.3 Å². The lowest BCUT2D eigenvalue weighted by Crippen LogP contribution is -2.50. The van der Waals surface area contributed by atoms with Crippen LogP contribution in [0.1, 0.15) is 30.9 Å². The van der Waals surface area contributed by atoms with Gasteiger partial charge in [0.2, 0.25) is 11.8 Å². The highest BCUT2D eigenvalue weighted by Crippen LogP contribution is 2.23. The maximum atomic E-state index is 12.5. The number of nitrogens with one attached hydrogen (secondary N) is 3. The molecule has 10 heteroatoms. The molecule has 0 aliphatic carbocycles. The standard InChI is InChI=1S/C25H33ClN4O5/c1-17(30-25(34)21(27)10-8-18-6-3-2-4-7-18)24(33)29-15-19-14-20(26)9-11-22(19)35-16-23(32)28-12-5-13-31/h2-4,6-7,9,11,14,17,21,31H,5,8,10,12-13,15-16,27H2,1H3,(H,28,32)(H,29,33)(H,30,34)/t17-,21+/m0/s1. The highest BCUT2D eigenvalue weighted by Gasteiger charge is 2.20. The van der Waals surface area contributed by atoms with Crippen molar-refractivity contribution < 1.29 is 24.2 Å². The minimum absolute atomic E-state index is 0.0132. The number of rotatable bonds is 14. The summed E-state index contributed by atoms with van der Waals surface area (Å²) in [5.41, 5.74) is 7.65. The van der Waals surface area contributed by atoms with Crippen LogP contribution < -0.4 is 26.4 Å². The number of aliphatic hydroxyl groups excluding tert-OH is 1.